The van der Waals surface area contributed by atoms with Crippen molar-refractivity contribution in [1.82, 2.24) is 4.90 Å². The monoisotopic (exact) mass is 594 g/mol. The van der Waals surface area contributed by atoms with Crippen LogP contribution in [-0.4, -0.2) is 80.9 Å². The maximum Gasteiger partial charge on any atom is 0.414 e. The molecule has 1 aromatic rings. The van der Waals surface area contributed by atoms with Crippen LogP contribution < -0.4 is 14.4 Å². The van der Waals surface area contributed by atoms with E-state index in [1.54, 1.807) is 0 Å². The van der Waals surface area contributed by atoms with Crippen molar-refractivity contribution in [2.75, 3.05) is 38.9 Å². The Hall–Kier alpha value is -1.72. The molecular formula is C24H33Cl3N2O7Si. The van der Waals surface area contributed by atoms with Gasteiger partial charge >= 0.3 is 6.09 Å². The Labute approximate surface area is 233 Å². The van der Waals surface area contributed by atoms with E-state index in [9.17, 15) is 14.4 Å². The Balaban J connectivity index is 2.19. The molecule has 37 heavy (non-hydrogen) atoms. The van der Waals surface area contributed by atoms with E-state index in [-0.39, 0.29) is 41.6 Å². The molecule has 0 unspecified atom stereocenters. The highest BCUT2D eigenvalue weighted by molar-refractivity contribution is 6.74. The third-order valence-electron chi connectivity index (χ3n) is 7.19. The van der Waals surface area contributed by atoms with Gasteiger partial charge in [0.2, 0.25) is 3.79 Å². The van der Waals surface area contributed by atoms with E-state index in [0.717, 1.165) is 0 Å². The second kappa shape index (κ2) is 10.8. The summed E-state index contributed by atoms with van der Waals surface area (Å²) in [6.07, 6.45) is -0.786. The zero-order valence-corrected chi connectivity index (χ0v) is 25.3. The molecular weight excluding hydrogens is 563 g/mol. The summed E-state index contributed by atoms with van der Waals surface area (Å²) in [7, 11) is 0.593. The van der Waals surface area contributed by atoms with Gasteiger partial charge in [0.25, 0.3) is 5.91 Å². The van der Waals surface area contributed by atoms with E-state index < -0.39 is 42.8 Å². The summed E-state index contributed by atoms with van der Waals surface area (Å²) in [4.78, 5) is 42.7. The van der Waals surface area contributed by atoms with E-state index in [1.807, 2.05) is 0 Å². The average Bonchev–Trinajstić information content (AvgIpc) is 3.15. The summed E-state index contributed by atoms with van der Waals surface area (Å²) >= 11 is 17.5. The van der Waals surface area contributed by atoms with Crippen LogP contribution in [0.25, 0.3) is 0 Å². The number of amides is 2. The van der Waals surface area contributed by atoms with Crippen molar-refractivity contribution < 1.29 is 33.0 Å². The number of fused-ring (bicyclic) bond motifs is 2. The Kier molecular flexibility index (Phi) is 8.71. The van der Waals surface area contributed by atoms with Gasteiger partial charge in [0, 0.05) is 12.5 Å². The minimum Gasteiger partial charge on any atom is -0.493 e. The summed E-state index contributed by atoms with van der Waals surface area (Å²) in [5.74, 6) is 0.0627. The predicted octanol–water partition coefficient (Wildman–Crippen LogP) is 5.20. The summed E-state index contributed by atoms with van der Waals surface area (Å²) in [5, 5.41) is -0.117. The average molecular weight is 596 g/mol. The Morgan fingerprint density at radius 1 is 1.08 bits per heavy atom. The number of hydrogen-bond acceptors (Lipinski definition) is 7. The molecule has 2 aliphatic rings. The molecule has 0 aliphatic carbocycles. The van der Waals surface area contributed by atoms with Crippen LogP contribution in [0.1, 0.15) is 37.6 Å². The number of carbonyl (C=O) groups excluding carboxylic acids is 3. The highest BCUT2D eigenvalue weighted by Crippen LogP contribution is 2.43. The molecule has 0 saturated carbocycles. The van der Waals surface area contributed by atoms with Gasteiger partial charge in [0.05, 0.1) is 50.7 Å². The van der Waals surface area contributed by atoms with E-state index in [1.165, 1.54) is 36.2 Å². The first-order valence-electron chi connectivity index (χ1n) is 11.8. The number of Topliss-reactive ketones (excluding diaryl/α,β-unsaturated/α-hetero) is 1. The fourth-order valence-electron chi connectivity index (χ4n) is 4.17. The number of benzene rings is 1. The van der Waals surface area contributed by atoms with Crippen molar-refractivity contribution in [3.63, 3.8) is 0 Å². The molecule has 3 rings (SSSR count). The minimum absolute atomic E-state index is 0.0633. The van der Waals surface area contributed by atoms with Crippen molar-refractivity contribution in [2.45, 2.75) is 61.2 Å². The number of alkyl halides is 3. The van der Waals surface area contributed by atoms with Crippen molar-refractivity contribution in [2.24, 2.45) is 0 Å². The van der Waals surface area contributed by atoms with Crippen LogP contribution in [0.15, 0.2) is 12.1 Å². The zero-order chi connectivity index (χ0) is 27.9. The lowest BCUT2D eigenvalue weighted by atomic mass is 10.0. The summed E-state index contributed by atoms with van der Waals surface area (Å²) in [6.45, 7) is 9.92. The molecule has 1 fully saturated rings. The minimum atomic E-state index is -2.30. The van der Waals surface area contributed by atoms with Gasteiger partial charge in [-0.05, 0) is 24.2 Å². The van der Waals surface area contributed by atoms with Crippen LogP contribution in [0.4, 0.5) is 10.5 Å². The first-order chi connectivity index (χ1) is 17.0. The molecule has 1 aromatic carbocycles. The first-order valence-corrected chi connectivity index (χ1v) is 15.8. The molecule has 0 N–H and O–H groups in total. The van der Waals surface area contributed by atoms with Crippen molar-refractivity contribution >= 4 is 66.6 Å². The Morgan fingerprint density at radius 2 is 1.68 bits per heavy atom. The summed E-state index contributed by atoms with van der Waals surface area (Å²) in [6, 6.07) is 1.62. The molecule has 2 amide bonds. The van der Waals surface area contributed by atoms with Crippen LogP contribution in [0, 0.1) is 0 Å². The molecule has 2 atom stereocenters. The van der Waals surface area contributed by atoms with Crippen molar-refractivity contribution in [3.8, 4) is 11.5 Å². The first kappa shape index (κ1) is 29.8. The van der Waals surface area contributed by atoms with Gasteiger partial charge in [-0.25, -0.2) is 4.79 Å². The molecule has 0 bridgehead atoms. The highest BCUT2D eigenvalue weighted by Gasteiger charge is 2.49. The second-order valence-corrected chi connectivity index (χ2v) is 18.0. The van der Waals surface area contributed by atoms with Crippen molar-refractivity contribution in [1.29, 1.82) is 0 Å². The van der Waals surface area contributed by atoms with Crippen LogP contribution in [0.5, 0.6) is 11.5 Å². The lowest BCUT2D eigenvalue weighted by Gasteiger charge is -2.41. The maximum absolute atomic E-state index is 13.7. The lowest BCUT2D eigenvalue weighted by molar-refractivity contribution is -0.116. The number of rotatable bonds is 6. The van der Waals surface area contributed by atoms with Gasteiger partial charge in [0.15, 0.2) is 25.6 Å². The molecule has 206 valence electrons. The largest absolute Gasteiger partial charge is 0.493 e. The number of carbonyl (C=O) groups is 3. The SMILES string of the molecule is COc1cc2c(cc1OC)N(C(=O)OCC(Cl)(Cl)Cl)[C@H](CO[Si](C)(C)C(C)(C)C)[C@@H]1CC(=O)CN1C2=O. The van der Waals surface area contributed by atoms with Gasteiger partial charge in [0.1, 0.15) is 6.61 Å². The topological polar surface area (TPSA) is 94.6 Å². The van der Waals surface area contributed by atoms with Crippen molar-refractivity contribution in [3.05, 3.63) is 17.7 Å². The number of ketones is 1. The third-order valence-corrected chi connectivity index (χ3v) is 12.0. The van der Waals surface area contributed by atoms with Crippen LogP contribution in [-0.2, 0) is 14.0 Å². The fourth-order valence-corrected chi connectivity index (χ4v) is 5.35. The van der Waals surface area contributed by atoms with Gasteiger partial charge in [-0.1, -0.05) is 55.6 Å². The molecule has 0 spiro atoms. The van der Waals surface area contributed by atoms with Gasteiger partial charge in [-0.3, -0.25) is 14.5 Å². The molecule has 13 heteroatoms. The van der Waals surface area contributed by atoms with Crippen LogP contribution >= 0.6 is 34.8 Å². The standard InChI is InChI=1S/C24H33Cl3N2O7Si/c1-23(2,3)37(6,7)36-12-18-17-8-14(30)11-28(17)21(31)15-9-19(33-4)20(34-5)10-16(15)29(18)22(32)35-13-24(25,26)27/h9-10,17-18H,8,11-13H2,1-7H3/t17-,18+/m0/s1. The molecule has 1 saturated heterocycles. The van der Waals surface area contributed by atoms with Gasteiger partial charge in [-0.15, -0.1) is 0 Å². The summed E-state index contributed by atoms with van der Waals surface area (Å²) in [5.41, 5.74) is 0.376. The number of methoxy groups -OCH3 is 2. The lowest BCUT2D eigenvalue weighted by Crippen LogP contribution is -2.55. The number of hydrogen-bond donors (Lipinski definition) is 0. The molecule has 0 radical (unpaired) electrons. The Morgan fingerprint density at radius 3 is 2.22 bits per heavy atom. The fraction of sp³-hybridized carbons (Fsp3) is 0.625. The quantitative estimate of drug-likeness (QED) is 0.329. The number of anilines is 1. The molecule has 2 aliphatic heterocycles. The molecule has 0 aromatic heterocycles. The normalized spacial score (nSPS) is 20.4. The zero-order valence-electron chi connectivity index (χ0n) is 22.0. The van der Waals surface area contributed by atoms with Gasteiger partial charge in [-0.2, -0.15) is 0 Å². The maximum atomic E-state index is 13.7. The van der Waals surface area contributed by atoms with Crippen LogP contribution in [0.2, 0.25) is 18.1 Å². The second-order valence-electron chi connectivity index (χ2n) is 10.6. The number of halogens is 3. The van der Waals surface area contributed by atoms with Crippen LogP contribution in [0.3, 0.4) is 0 Å². The number of ether oxygens (including phenoxy) is 3. The van der Waals surface area contributed by atoms with E-state index in [4.69, 9.17) is 53.4 Å². The summed E-state index contributed by atoms with van der Waals surface area (Å²) < 4.78 is 20.9. The van der Waals surface area contributed by atoms with E-state index in [2.05, 4.69) is 33.9 Å². The smallest absolute Gasteiger partial charge is 0.414 e. The predicted molar refractivity (Wildman–Crippen MR) is 145 cm³/mol. The number of nitrogens with zero attached hydrogens (tertiary/aromatic N) is 2. The highest BCUT2D eigenvalue weighted by atomic mass is 35.6. The van der Waals surface area contributed by atoms with E-state index in [0.29, 0.717) is 11.5 Å². The molecule has 2 heterocycles. The third kappa shape index (κ3) is 6.30. The molecule has 9 nitrogen and oxygen atoms in total. The van der Waals surface area contributed by atoms with Gasteiger partial charge < -0.3 is 23.5 Å². The Bertz CT molecular complexity index is 1070. The van der Waals surface area contributed by atoms with E-state index >= 15 is 0 Å².